The van der Waals surface area contributed by atoms with Crippen molar-refractivity contribution in [1.82, 2.24) is 5.32 Å². The Kier molecular flexibility index (Phi) is 11.9. The van der Waals surface area contributed by atoms with Crippen molar-refractivity contribution in [2.75, 3.05) is 13.2 Å². The van der Waals surface area contributed by atoms with Gasteiger partial charge in [-0.15, -0.1) is 0 Å². The van der Waals surface area contributed by atoms with Gasteiger partial charge in [0.15, 0.2) is 0 Å². The molecule has 0 spiro atoms. The van der Waals surface area contributed by atoms with Gasteiger partial charge in [-0.1, -0.05) is 39.5 Å². The Morgan fingerprint density at radius 3 is 2.33 bits per heavy atom. The first-order valence-corrected chi connectivity index (χ1v) is 6.69. The SMILES string of the molecule is CCCCC(CC)NCCCCCCO. The van der Waals surface area contributed by atoms with Gasteiger partial charge in [0.05, 0.1) is 0 Å². The van der Waals surface area contributed by atoms with Crippen molar-refractivity contribution >= 4 is 0 Å². The summed E-state index contributed by atoms with van der Waals surface area (Å²) in [4.78, 5) is 0. The minimum atomic E-state index is 0.349. The minimum Gasteiger partial charge on any atom is -0.396 e. The first-order chi connectivity index (χ1) is 7.35. The molecule has 1 unspecified atom stereocenters. The lowest BCUT2D eigenvalue weighted by atomic mass is 10.1. The maximum absolute atomic E-state index is 8.63. The summed E-state index contributed by atoms with van der Waals surface area (Å²) in [6.07, 6.45) is 9.85. The monoisotopic (exact) mass is 215 g/mol. The number of aliphatic hydroxyl groups is 1. The molecule has 0 aliphatic carbocycles. The Morgan fingerprint density at radius 2 is 1.73 bits per heavy atom. The second-order valence-corrected chi connectivity index (χ2v) is 4.34. The van der Waals surface area contributed by atoms with Crippen LogP contribution in [0, 0.1) is 0 Å². The largest absolute Gasteiger partial charge is 0.396 e. The van der Waals surface area contributed by atoms with Crippen LogP contribution in [0.15, 0.2) is 0 Å². The van der Waals surface area contributed by atoms with E-state index in [1.165, 1.54) is 44.9 Å². The highest BCUT2D eigenvalue weighted by Gasteiger charge is 2.03. The third-order valence-corrected chi connectivity index (χ3v) is 2.92. The van der Waals surface area contributed by atoms with Gasteiger partial charge in [-0.3, -0.25) is 0 Å². The first kappa shape index (κ1) is 14.9. The zero-order valence-corrected chi connectivity index (χ0v) is 10.6. The van der Waals surface area contributed by atoms with Crippen molar-refractivity contribution in [2.45, 2.75) is 71.3 Å². The normalized spacial score (nSPS) is 13.0. The van der Waals surface area contributed by atoms with Crippen molar-refractivity contribution < 1.29 is 5.11 Å². The van der Waals surface area contributed by atoms with E-state index in [4.69, 9.17) is 5.11 Å². The van der Waals surface area contributed by atoms with E-state index < -0.39 is 0 Å². The van der Waals surface area contributed by atoms with E-state index in [0.717, 1.165) is 19.0 Å². The van der Waals surface area contributed by atoms with Crippen LogP contribution in [0.1, 0.15) is 65.2 Å². The fraction of sp³-hybridized carbons (Fsp3) is 1.00. The number of unbranched alkanes of at least 4 members (excludes halogenated alkanes) is 4. The maximum atomic E-state index is 8.63. The van der Waals surface area contributed by atoms with E-state index in [-0.39, 0.29) is 0 Å². The molecule has 0 heterocycles. The zero-order valence-electron chi connectivity index (χ0n) is 10.6. The molecule has 2 heteroatoms. The van der Waals surface area contributed by atoms with Crippen LogP contribution in [0.2, 0.25) is 0 Å². The van der Waals surface area contributed by atoms with Crippen LogP contribution >= 0.6 is 0 Å². The zero-order chi connectivity index (χ0) is 11.4. The van der Waals surface area contributed by atoms with E-state index in [0.29, 0.717) is 6.61 Å². The first-order valence-electron chi connectivity index (χ1n) is 6.69. The number of hydrogen-bond donors (Lipinski definition) is 2. The Labute approximate surface area is 95.5 Å². The molecule has 0 aliphatic heterocycles. The van der Waals surface area contributed by atoms with Gasteiger partial charge in [0.1, 0.15) is 0 Å². The van der Waals surface area contributed by atoms with Crippen LogP contribution in [0.25, 0.3) is 0 Å². The predicted octanol–water partition coefficient (Wildman–Crippen LogP) is 3.10. The second kappa shape index (κ2) is 12.0. The highest BCUT2D eigenvalue weighted by atomic mass is 16.2. The van der Waals surface area contributed by atoms with Gasteiger partial charge in [-0.05, 0) is 32.2 Å². The van der Waals surface area contributed by atoms with Crippen molar-refractivity contribution in [3.05, 3.63) is 0 Å². The highest BCUT2D eigenvalue weighted by molar-refractivity contribution is 4.64. The third kappa shape index (κ3) is 10.2. The molecule has 0 aromatic carbocycles. The predicted molar refractivity (Wildman–Crippen MR) is 67.2 cm³/mol. The van der Waals surface area contributed by atoms with E-state index >= 15 is 0 Å². The molecule has 0 aromatic heterocycles. The van der Waals surface area contributed by atoms with Crippen LogP contribution in [0.3, 0.4) is 0 Å². The third-order valence-electron chi connectivity index (χ3n) is 2.92. The molecule has 92 valence electrons. The van der Waals surface area contributed by atoms with Crippen LogP contribution < -0.4 is 5.32 Å². The van der Waals surface area contributed by atoms with Crippen LogP contribution in [-0.2, 0) is 0 Å². The Hall–Kier alpha value is -0.0800. The van der Waals surface area contributed by atoms with E-state index in [1.54, 1.807) is 0 Å². The fourth-order valence-electron chi connectivity index (χ4n) is 1.80. The van der Waals surface area contributed by atoms with Crippen molar-refractivity contribution in [3.8, 4) is 0 Å². The van der Waals surface area contributed by atoms with Crippen molar-refractivity contribution in [1.29, 1.82) is 0 Å². The molecule has 0 aromatic rings. The van der Waals surface area contributed by atoms with Crippen molar-refractivity contribution in [2.24, 2.45) is 0 Å². The van der Waals surface area contributed by atoms with Crippen LogP contribution in [-0.4, -0.2) is 24.3 Å². The maximum Gasteiger partial charge on any atom is 0.0431 e. The average molecular weight is 215 g/mol. The summed E-state index contributed by atoms with van der Waals surface area (Å²) in [7, 11) is 0. The molecule has 0 saturated heterocycles. The molecule has 2 N–H and O–H groups in total. The molecule has 0 aliphatic rings. The molecule has 0 fully saturated rings. The van der Waals surface area contributed by atoms with E-state index in [2.05, 4.69) is 19.2 Å². The van der Waals surface area contributed by atoms with Gasteiger partial charge < -0.3 is 10.4 Å². The summed E-state index contributed by atoms with van der Waals surface area (Å²) in [6.45, 7) is 6.01. The summed E-state index contributed by atoms with van der Waals surface area (Å²) in [5, 5.41) is 12.2. The second-order valence-electron chi connectivity index (χ2n) is 4.34. The number of hydrogen-bond acceptors (Lipinski definition) is 2. The summed E-state index contributed by atoms with van der Waals surface area (Å²) in [5.74, 6) is 0. The molecule has 2 nitrogen and oxygen atoms in total. The van der Waals surface area contributed by atoms with Gasteiger partial charge in [-0.2, -0.15) is 0 Å². The Morgan fingerprint density at radius 1 is 1.00 bits per heavy atom. The van der Waals surface area contributed by atoms with Crippen LogP contribution in [0.4, 0.5) is 0 Å². The molecule has 0 amide bonds. The minimum absolute atomic E-state index is 0.349. The average Bonchev–Trinajstić information content (AvgIpc) is 2.27. The summed E-state index contributed by atoms with van der Waals surface area (Å²) in [6, 6.07) is 0.725. The lowest BCUT2D eigenvalue weighted by Gasteiger charge is -2.16. The lowest BCUT2D eigenvalue weighted by Crippen LogP contribution is -2.29. The smallest absolute Gasteiger partial charge is 0.0431 e. The van der Waals surface area contributed by atoms with Gasteiger partial charge in [-0.25, -0.2) is 0 Å². The molecule has 15 heavy (non-hydrogen) atoms. The van der Waals surface area contributed by atoms with Crippen molar-refractivity contribution in [3.63, 3.8) is 0 Å². The molecular formula is C13H29NO. The van der Waals surface area contributed by atoms with E-state index in [1.807, 2.05) is 0 Å². The summed E-state index contributed by atoms with van der Waals surface area (Å²) >= 11 is 0. The number of aliphatic hydroxyl groups excluding tert-OH is 1. The quantitative estimate of drug-likeness (QED) is 0.519. The molecule has 1 atom stereocenters. The van der Waals surface area contributed by atoms with Gasteiger partial charge in [0.2, 0.25) is 0 Å². The molecule has 0 radical (unpaired) electrons. The topological polar surface area (TPSA) is 32.3 Å². The highest BCUT2D eigenvalue weighted by Crippen LogP contribution is 2.05. The lowest BCUT2D eigenvalue weighted by molar-refractivity contribution is 0.282. The molecular weight excluding hydrogens is 186 g/mol. The summed E-state index contributed by atoms with van der Waals surface area (Å²) in [5.41, 5.74) is 0. The standard InChI is InChI=1S/C13H29NO/c1-3-5-10-13(4-2)14-11-8-6-7-9-12-15/h13-15H,3-12H2,1-2H3. The number of rotatable bonds is 11. The summed E-state index contributed by atoms with van der Waals surface area (Å²) < 4.78 is 0. The van der Waals surface area contributed by atoms with Gasteiger partial charge in [0.25, 0.3) is 0 Å². The van der Waals surface area contributed by atoms with Gasteiger partial charge in [0, 0.05) is 12.6 Å². The van der Waals surface area contributed by atoms with E-state index in [9.17, 15) is 0 Å². The number of nitrogens with one attached hydrogen (secondary N) is 1. The molecule has 0 bridgehead atoms. The van der Waals surface area contributed by atoms with Gasteiger partial charge >= 0.3 is 0 Å². The Balaban J connectivity index is 3.22. The molecule has 0 rings (SSSR count). The fourth-order valence-corrected chi connectivity index (χ4v) is 1.80. The molecule has 0 saturated carbocycles. The Bertz CT molecular complexity index is 117. The van der Waals surface area contributed by atoms with Crippen LogP contribution in [0.5, 0.6) is 0 Å².